The average molecular weight is 648 g/mol. The molecule has 0 bridgehead atoms. The Morgan fingerprint density at radius 3 is 2.35 bits per heavy atom. The third-order valence-corrected chi connectivity index (χ3v) is 10.3. The van der Waals surface area contributed by atoms with E-state index >= 15 is 0 Å². The maximum absolute atomic E-state index is 14.8. The molecule has 4 amide bonds. The largest absolute Gasteiger partial charge is 0.505 e. The Morgan fingerprint density at radius 1 is 0.913 bits per heavy atom. The number of fused-ring (bicyclic) bond motifs is 4. The molecule has 7 rings (SSSR count). The second-order valence-electron chi connectivity index (χ2n) is 12.3. The van der Waals surface area contributed by atoms with Crippen LogP contribution in [0.1, 0.15) is 31.2 Å². The van der Waals surface area contributed by atoms with Crippen molar-refractivity contribution in [2.24, 2.45) is 29.1 Å². The molecular weight excluding hydrogens is 624 g/mol. The summed E-state index contributed by atoms with van der Waals surface area (Å²) in [6.07, 6.45) is 1.86. The minimum absolute atomic E-state index is 0.00162. The number of imide groups is 2. The van der Waals surface area contributed by atoms with Gasteiger partial charge in [-0.25, -0.2) is 18.6 Å². The number of non-ortho nitro benzene ring substituents is 1. The van der Waals surface area contributed by atoms with Gasteiger partial charge in [-0.15, -0.1) is 0 Å². The highest BCUT2D eigenvalue weighted by molar-refractivity contribution is 6.32. The highest BCUT2D eigenvalue weighted by Gasteiger charge is 2.67. The first-order valence-corrected chi connectivity index (χ1v) is 14.9. The molecule has 1 N–H and O–H groups in total. The van der Waals surface area contributed by atoms with E-state index in [1.165, 1.54) is 36.4 Å². The predicted molar refractivity (Wildman–Crippen MR) is 160 cm³/mol. The summed E-state index contributed by atoms with van der Waals surface area (Å²) >= 11 is 6.00. The lowest BCUT2D eigenvalue weighted by atomic mass is 9.51. The van der Waals surface area contributed by atoms with E-state index in [1.54, 1.807) is 13.0 Å². The number of rotatable bonds is 4. The zero-order chi connectivity index (χ0) is 32.8. The van der Waals surface area contributed by atoms with E-state index in [0.717, 1.165) is 34.1 Å². The summed E-state index contributed by atoms with van der Waals surface area (Å²) in [4.78, 5) is 69.0. The molecule has 1 saturated carbocycles. The highest BCUT2D eigenvalue weighted by atomic mass is 35.5. The normalized spacial score (nSPS) is 28.6. The third-order valence-electron chi connectivity index (χ3n) is 10.0. The van der Waals surface area contributed by atoms with Gasteiger partial charge in [0.05, 0.1) is 44.5 Å². The van der Waals surface area contributed by atoms with E-state index < -0.39 is 80.9 Å². The molecular formula is C33H24ClF2N3O7. The SMILES string of the molecule is C[C@@]12C(=O)N(c3ccc(F)c(Cl)c3)C(=O)[C@@H]1C[C@@H]1C(=CC[C@@H]3C(=O)N(c4cccc([N+](=O)[O-])c4)C(=O)[C@@H]31)[C@@H]2c1ccc(O)c(F)c1. The van der Waals surface area contributed by atoms with Gasteiger partial charge in [0, 0.05) is 18.1 Å². The van der Waals surface area contributed by atoms with Crippen LogP contribution in [0.5, 0.6) is 5.75 Å². The fourth-order valence-corrected chi connectivity index (χ4v) is 8.14. The Hall–Kier alpha value is -4.97. The maximum Gasteiger partial charge on any atom is 0.271 e. The number of carbonyl (C=O) groups is 4. The lowest BCUT2D eigenvalue weighted by molar-refractivity contribution is -0.384. The molecule has 4 aliphatic rings. The number of hydrogen-bond acceptors (Lipinski definition) is 7. The number of aromatic hydroxyl groups is 1. The molecule has 3 fully saturated rings. The maximum atomic E-state index is 14.8. The van der Waals surface area contributed by atoms with Crippen LogP contribution >= 0.6 is 11.6 Å². The molecule has 2 aliphatic heterocycles. The number of nitro groups is 1. The molecule has 46 heavy (non-hydrogen) atoms. The molecule has 0 unspecified atom stereocenters. The summed E-state index contributed by atoms with van der Waals surface area (Å²) in [7, 11) is 0. The van der Waals surface area contributed by atoms with Crippen LogP contribution in [0.15, 0.2) is 72.3 Å². The van der Waals surface area contributed by atoms with Crippen LogP contribution in [0.2, 0.25) is 5.02 Å². The highest BCUT2D eigenvalue weighted by Crippen LogP contribution is 2.64. The molecule has 2 saturated heterocycles. The van der Waals surface area contributed by atoms with Crippen LogP contribution in [0.25, 0.3) is 0 Å². The molecule has 3 aromatic rings. The summed E-state index contributed by atoms with van der Waals surface area (Å²) in [5, 5.41) is 21.1. The number of carbonyl (C=O) groups excluding carboxylic acids is 4. The third kappa shape index (κ3) is 4.05. The quantitative estimate of drug-likeness (QED) is 0.167. The first kappa shape index (κ1) is 29.7. The van der Waals surface area contributed by atoms with E-state index in [-0.39, 0.29) is 40.5 Å². The Morgan fingerprint density at radius 2 is 1.65 bits per heavy atom. The molecule has 6 atom stereocenters. The van der Waals surface area contributed by atoms with Gasteiger partial charge in [0.2, 0.25) is 23.6 Å². The number of phenolic OH excluding ortho intramolecular Hbond substituents is 1. The van der Waals surface area contributed by atoms with E-state index in [2.05, 4.69) is 0 Å². The van der Waals surface area contributed by atoms with Crippen molar-refractivity contribution < 1.29 is 38.0 Å². The van der Waals surface area contributed by atoms with Gasteiger partial charge in [-0.2, -0.15) is 0 Å². The van der Waals surface area contributed by atoms with Crippen LogP contribution < -0.4 is 9.80 Å². The molecule has 0 radical (unpaired) electrons. The Bertz CT molecular complexity index is 1950. The van der Waals surface area contributed by atoms with Crippen LogP contribution in [-0.2, 0) is 19.2 Å². The molecule has 10 nitrogen and oxygen atoms in total. The number of phenols is 1. The molecule has 13 heteroatoms. The van der Waals surface area contributed by atoms with Crippen molar-refractivity contribution >= 4 is 52.3 Å². The minimum atomic E-state index is -1.50. The Kier molecular flexibility index (Phi) is 6.64. The molecule has 0 aromatic heterocycles. The monoisotopic (exact) mass is 647 g/mol. The second-order valence-corrected chi connectivity index (χ2v) is 12.7. The number of allylic oxidation sites excluding steroid dienone is 2. The van der Waals surface area contributed by atoms with Crippen molar-refractivity contribution in [3.63, 3.8) is 0 Å². The topological polar surface area (TPSA) is 138 Å². The van der Waals surface area contributed by atoms with E-state index in [9.17, 15) is 43.2 Å². The number of halogens is 3. The van der Waals surface area contributed by atoms with Crippen molar-refractivity contribution in [2.45, 2.75) is 25.7 Å². The first-order chi connectivity index (χ1) is 21.8. The first-order valence-electron chi connectivity index (χ1n) is 14.5. The summed E-state index contributed by atoms with van der Waals surface area (Å²) in [6, 6.07) is 12.3. The molecule has 0 spiro atoms. The summed E-state index contributed by atoms with van der Waals surface area (Å²) in [5.74, 6) is -9.19. The van der Waals surface area contributed by atoms with E-state index in [0.29, 0.717) is 5.57 Å². The van der Waals surface area contributed by atoms with Gasteiger partial charge in [-0.3, -0.25) is 29.3 Å². The standard InChI is InChI=1S/C33H24ClF2N3O7/c1-33-22(30(42)38(32(33)44)17-6-9-24(35)23(34)13-17)14-21-19(28(33)15-5-10-26(40)25(36)11-15)7-8-20-27(21)31(43)37(29(20)41)16-3-2-4-18(12-16)39(45)46/h2-7,9-13,20-22,27-28,40H,8,14H2,1H3/t20-,21+,22-,27-,28-,33+/m0/s1. The number of nitrogens with zero attached hydrogens (tertiary/aromatic N) is 3. The molecule has 2 heterocycles. The zero-order valence-electron chi connectivity index (χ0n) is 24.0. The van der Waals surface area contributed by atoms with Gasteiger partial charge in [0.15, 0.2) is 11.6 Å². The molecule has 2 aliphatic carbocycles. The van der Waals surface area contributed by atoms with Gasteiger partial charge < -0.3 is 5.11 Å². The number of benzene rings is 3. The number of nitro benzene ring substituents is 1. The number of hydrogen-bond donors (Lipinski definition) is 1. The van der Waals surface area contributed by atoms with Crippen molar-refractivity contribution in [1.82, 2.24) is 0 Å². The molecule has 3 aromatic carbocycles. The number of anilines is 2. The number of amides is 4. The fraction of sp³-hybridized carbons (Fsp3) is 0.273. The van der Waals surface area contributed by atoms with Gasteiger partial charge in [-0.1, -0.05) is 35.4 Å². The Balaban J connectivity index is 1.36. The zero-order valence-corrected chi connectivity index (χ0v) is 24.8. The Labute approximate surface area is 265 Å². The summed E-state index contributed by atoms with van der Waals surface area (Å²) < 4.78 is 28.9. The second kappa shape index (κ2) is 10.3. The van der Waals surface area contributed by atoms with Gasteiger partial charge in [0.25, 0.3) is 5.69 Å². The van der Waals surface area contributed by atoms with E-state index in [1.807, 2.05) is 0 Å². The minimum Gasteiger partial charge on any atom is -0.505 e. The predicted octanol–water partition coefficient (Wildman–Crippen LogP) is 5.67. The average Bonchev–Trinajstić information content (AvgIpc) is 3.39. The summed E-state index contributed by atoms with van der Waals surface area (Å²) in [5.41, 5.74) is -0.847. The van der Waals surface area contributed by atoms with Crippen LogP contribution in [-0.4, -0.2) is 33.7 Å². The smallest absolute Gasteiger partial charge is 0.271 e. The fourth-order valence-electron chi connectivity index (χ4n) is 7.97. The van der Waals surface area contributed by atoms with Gasteiger partial charge >= 0.3 is 0 Å². The van der Waals surface area contributed by atoms with Gasteiger partial charge in [-0.05, 0) is 67.6 Å². The van der Waals surface area contributed by atoms with Crippen LogP contribution in [0, 0.1) is 50.8 Å². The van der Waals surface area contributed by atoms with E-state index in [4.69, 9.17) is 11.6 Å². The van der Waals surface area contributed by atoms with Crippen LogP contribution in [0.4, 0.5) is 25.8 Å². The lowest BCUT2D eigenvalue weighted by Gasteiger charge is -2.49. The van der Waals surface area contributed by atoms with Crippen molar-refractivity contribution in [3.05, 3.63) is 105 Å². The van der Waals surface area contributed by atoms with Crippen molar-refractivity contribution in [2.75, 3.05) is 9.80 Å². The lowest BCUT2D eigenvalue weighted by Crippen LogP contribution is -2.48. The van der Waals surface area contributed by atoms with Gasteiger partial charge in [0.1, 0.15) is 5.82 Å². The van der Waals surface area contributed by atoms with Crippen LogP contribution in [0.3, 0.4) is 0 Å². The molecule has 234 valence electrons. The summed E-state index contributed by atoms with van der Waals surface area (Å²) in [6.45, 7) is 1.60. The van der Waals surface area contributed by atoms with Crippen molar-refractivity contribution in [3.8, 4) is 5.75 Å². The van der Waals surface area contributed by atoms with Crippen molar-refractivity contribution in [1.29, 1.82) is 0 Å².